The Morgan fingerprint density at radius 1 is 1.35 bits per heavy atom. The summed E-state index contributed by atoms with van der Waals surface area (Å²) in [6, 6.07) is 4.72. The van der Waals surface area contributed by atoms with Gasteiger partial charge < -0.3 is 10.1 Å². The highest BCUT2D eigenvalue weighted by molar-refractivity contribution is 5.18. The van der Waals surface area contributed by atoms with Gasteiger partial charge in [-0.05, 0) is 37.8 Å². The molecule has 0 spiro atoms. The molecule has 0 saturated heterocycles. The summed E-state index contributed by atoms with van der Waals surface area (Å²) in [5, 5.41) is 3.50. The third kappa shape index (κ3) is 3.43. The van der Waals surface area contributed by atoms with Crippen LogP contribution in [0.25, 0.3) is 0 Å². The van der Waals surface area contributed by atoms with Gasteiger partial charge in [-0.3, -0.25) is 0 Å². The van der Waals surface area contributed by atoms with Crippen LogP contribution in [-0.4, -0.2) is 23.7 Å². The molecule has 0 bridgehead atoms. The molecule has 94 valence electrons. The Morgan fingerprint density at radius 3 is 2.76 bits per heavy atom. The molecule has 3 nitrogen and oxygen atoms in total. The normalized spacial score (nSPS) is 23.2. The highest BCUT2D eigenvalue weighted by Gasteiger charge is 2.30. The van der Waals surface area contributed by atoms with Crippen LogP contribution in [0.4, 0.5) is 0 Å². The molecule has 1 aromatic rings. The monoisotopic (exact) mass is 234 g/mol. The highest BCUT2D eigenvalue weighted by Crippen LogP contribution is 2.24. The van der Waals surface area contributed by atoms with Crippen LogP contribution in [0.2, 0.25) is 0 Å². The number of nitrogens with zero attached hydrogens (tertiary/aromatic N) is 1. The van der Waals surface area contributed by atoms with E-state index in [4.69, 9.17) is 4.74 Å². The maximum atomic E-state index is 5.81. The Morgan fingerprint density at radius 2 is 2.18 bits per heavy atom. The van der Waals surface area contributed by atoms with Gasteiger partial charge in [0.2, 0.25) is 5.88 Å². The van der Waals surface area contributed by atoms with E-state index in [0.29, 0.717) is 12.1 Å². The Kier molecular flexibility index (Phi) is 4.37. The molecule has 2 rings (SSSR count). The van der Waals surface area contributed by atoms with E-state index in [2.05, 4.69) is 30.2 Å². The molecule has 1 saturated carbocycles. The lowest BCUT2D eigenvalue weighted by Crippen LogP contribution is -2.47. The summed E-state index contributed by atoms with van der Waals surface area (Å²) in [7, 11) is 0. The second-order valence-electron chi connectivity index (χ2n) is 4.72. The molecule has 0 aliphatic heterocycles. The minimum absolute atomic E-state index is 0.351. The number of ether oxygens (including phenoxy) is 1. The van der Waals surface area contributed by atoms with E-state index >= 15 is 0 Å². The standard InChI is InChI=1S/C14H22N2O/c1-3-7-15-12-8-13(9-12)17-14-6-5-11(4-2)10-16-14/h5-6,10,12-13,15H,3-4,7-9H2,1-2H3. The van der Waals surface area contributed by atoms with E-state index in [1.54, 1.807) is 0 Å². The third-order valence-corrected chi connectivity index (χ3v) is 3.27. The molecule has 1 aliphatic rings. The first-order chi connectivity index (χ1) is 8.31. The fraction of sp³-hybridized carbons (Fsp3) is 0.643. The van der Waals surface area contributed by atoms with E-state index in [1.165, 1.54) is 12.0 Å². The Labute approximate surface area is 104 Å². The van der Waals surface area contributed by atoms with Gasteiger partial charge in [-0.2, -0.15) is 0 Å². The second kappa shape index (κ2) is 6.01. The Balaban J connectivity index is 1.72. The first kappa shape index (κ1) is 12.4. The smallest absolute Gasteiger partial charge is 0.213 e. The van der Waals surface area contributed by atoms with E-state index in [9.17, 15) is 0 Å². The fourth-order valence-electron chi connectivity index (χ4n) is 2.04. The lowest BCUT2D eigenvalue weighted by molar-refractivity contribution is 0.0807. The SMILES string of the molecule is CCCNC1CC(Oc2ccc(CC)cn2)C1. The number of nitrogens with one attached hydrogen (secondary N) is 1. The van der Waals surface area contributed by atoms with E-state index in [-0.39, 0.29) is 0 Å². The molecule has 3 heteroatoms. The third-order valence-electron chi connectivity index (χ3n) is 3.27. The zero-order valence-corrected chi connectivity index (χ0v) is 10.8. The molecule has 1 N–H and O–H groups in total. The van der Waals surface area contributed by atoms with Crippen molar-refractivity contribution in [2.45, 2.75) is 51.7 Å². The topological polar surface area (TPSA) is 34.1 Å². The molecule has 1 aromatic heterocycles. The quantitative estimate of drug-likeness (QED) is 0.821. The summed E-state index contributed by atoms with van der Waals surface area (Å²) in [5.74, 6) is 0.765. The molecule has 0 atom stereocenters. The number of hydrogen-bond acceptors (Lipinski definition) is 3. The van der Waals surface area contributed by atoms with Crippen LogP contribution in [0, 0.1) is 0 Å². The average Bonchev–Trinajstić information content (AvgIpc) is 2.32. The van der Waals surface area contributed by atoms with Crippen LogP contribution in [0.1, 0.15) is 38.7 Å². The Hall–Kier alpha value is -1.09. The minimum Gasteiger partial charge on any atom is -0.474 e. The molecule has 0 radical (unpaired) electrons. The summed E-state index contributed by atoms with van der Waals surface area (Å²) in [6.07, 6.45) is 6.70. The van der Waals surface area contributed by atoms with Crippen LogP contribution >= 0.6 is 0 Å². The number of hydrogen-bond donors (Lipinski definition) is 1. The van der Waals surface area contributed by atoms with Gasteiger partial charge in [-0.15, -0.1) is 0 Å². The fourth-order valence-corrected chi connectivity index (χ4v) is 2.04. The zero-order valence-electron chi connectivity index (χ0n) is 10.8. The molecule has 17 heavy (non-hydrogen) atoms. The number of pyridine rings is 1. The number of rotatable bonds is 6. The molecule has 1 fully saturated rings. The highest BCUT2D eigenvalue weighted by atomic mass is 16.5. The van der Waals surface area contributed by atoms with Crippen LogP contribution in [-0.2, 0) is 6.42 Å². The van der Waals surface area contributed by atoms with E-state index in [0.717, 1.165) is 31.7 Å². The van der Waals surface area contributed by atoms with Crippen molar-refractivity contribution in [2.24, 2.45) is 0 Å². The first-order valence-corrected chi connectivity index (χ1v) is 6.66. The minimum atomic E-state index is 0.351. The van der Waals surface area contributed by atoms with Crippen molar-refractivity contribution >= 4 is 0 Å². The number of aryl methyl sites for hydroxylation is 1. The van der Waals surface area contributed by atoms with Crippen LogP contribution in [0.3, 0.4) is 0 Å². The van der Waals surface area contributed by atoms with Crippen molar-refractivity contribution in [1.82, 2.24) is 10.3 Å². The van der Waals surface area contributed by atoms with Gasteiger partial charge >= 0.3 is 0 Å². The van der Waals surface area contributed by atoms with Crippen molar-refractivity contribution in [3.63, 3.8) is 0 Å². The van der Waals surface area contributed by atoms with Crippen molar-refractivity contribution < 1.29 is 4.74 Å². The average molecular weight is 234 g/mol. The van der Waals surface area contributed by atoms with Gasteiger partial charge in [0.1, 0.15) is 6.10 Å². The molecule has 0 aromatic carbocycles. The lowest BCUT2D eigenvalue weighted by Gasteiger charge is -2.35. The summed E-state index contributed by atoms with van der Waals surface area (Å²) >= 11 is 0. The van der Waals surface area contributed by atoms with Crippen LogP contribution in [0.5, 0.6) is 5.88 Å². The van der Waals surface area contributed by atoms with Gasteiger partial charge in [-0.1, -0.05) is 19.9 Å². The van der Waals surface area contributed by atoms with Crippen molar-refractivity contribution in [1.29, 1.82) is 0 Å². The van der Waals surface area contributed by atoms with Crippen molar-refractivity contribution in [3.05, 3.63) is 23.9 Å². The zero-order chi connectivity index (χ0) is 12.1. The predicted octanol–water partition coefficient (Wildman–Crippen LogP) is 2.55. The largest absolute Gasteiger partial charge is 0.474 e. The molecular weight excluding hydrogens is 212 g/mol. The lowest BCUT2D eigenvalue weighted by atomic mass is 9.89. The van der Waals surface area contributed by atoms with Crippen LogP contribution in [0.15, 0.2) is 18.3 Å². The summed E-state index contributed by atoms with van der Waals surface area (Å²) in [6.45, 7) is 5.44. The number of aromatic nitrogens is 1. The second-order valence-corrected chi connectivity index (χ2v) is 4.72. The molecule has 1 aliphatic carbocycles. The summed E-state index contributed by atoms with van der Waals surface area (Å²) in [5.41, 5.74) is 1.26. The maximum absolute atomic E-state index is 5.81. The summed E-state index contributed by atoms with van der Waals surface area (Å²) < 4.78 is 5.81. The maximum Gasteiger partial charge on any atom is 0.213 e. The van der Waals surface area contributed by atoms with Gasteiger partial charge in [0.05, 0.1) is 0 Å². The van der Waals surface area contributed by atoms with Crippen LogP contribution < -0.4 is 10.1 Å². The summed E-state index contributed by atoms with van der Waals surface area (Å²) in [4.78, 5) is 4.32. The predicted molar refractivity (Wildman–Crippen MR) is 69.3 cm³/mol. The first-order valence-electron chi connectivity index (χ1n) is 6.66. The Bertz CT molecular complexity index is 331. The van der Waals surface area contributed by atoms with Gasteiger partial charge in [0, 0.05) is 18.3 Å². The molecule has 1 heterocycles. The van der Waals surface area contributed by atoms with E-state index < -0.39 is 0 Å². The molecule has 0 amide bonds. The van der Waals surface area contributed by atoms with Gasteiger partial charge in [-0.25, -0.2) is 4.98 Å². The van der Waals surface area contributed by atoms with E-state index in [1.807, 2.05) is 12.3 Å². The van der Waals surface area contributed by atoms with Gasteiger partial charge in [0.15, 0.2) is 0 Å². The van der Waals surface area contributed by atoms with Crippen molar-refractivity contribution in [2.75, 3.05) is 6.54 Å². The molecular formula is C14H22N2O. The van der Waals surface area contributed by atoms with Gasteiger partial charge in [0.25, 0.3) is 0 Å². The van der Waals surface area contributed by atoms with Crippen molar-refractivity contribution in [3.8, 4) is 5.88 Å². The molecule has 0 unspecified atom stereocenters.